The zero-order valence-electron chi connectivity index (χ0n) is 12.7. The lowest BCUT2D eigenvalue weighted by Crippen LogP contribution is -2.30. The molecule has 8 heteroatoms. The molecule has 1 N–H and O–H groups in total. The molecule has 0 aliphatic heterocycles. The Kier molecular flexibility index (Phi) is 6.48. The van der Waals surface area contributed by atoms with Gasteiger partial charge in [0, 0.05) is 33.6 Å². The van der Waals surface area contributed by atoms with Crippen molar-refractivity contribution in [3.63, 3.8) is 0 Å². The van der Waals surface area contributed by atoms with E-state index >= 15 is 0 Å². The van der Waals surface area contributed by atoms with E-state index in [9.17, 15) is 14.9 Å². The SMILES string of the molecule is C[C@H](Sc1ccc([N+](=O)[O-])cc1)C(=O)NCc1ccc(Cl)cc1Cl. The highest BCUT2D eigenvalue weighted by Gasteiger charge is 2.15. The molecule has 0 spiro atoms. The van der Waals surface area contributed by atoms with Gasteiger partial charge in [-0.15, -0.1) is 11.8 Å². The molecule has 0 heterocycles. The van der Waals surface area contributed by atoms with E-state index in [2.05, 4.69) is 5.32 Å². The maximum atomic E-state index is 12.2. The van der Waals surface area contributed by atoms with E-state index in [0.29, 0.717) is 16.6 Å². The van der Waals surface area contributed by atoms with Crippen molar-refractivity contribution in [3.8, 4) is 0 Å². The lowest BCUT2D eigenvalue weighted by molar-refractivity contribution is -0.384. The number of benzene rings is 2. The molecule has 126 valence electrons. The Labute approximate surface area is 153 Å². The van der Waals surface area contributed by atoms with Gasteiger partial charge in [0.05, 0.1) is 10.2 Å². The van der Waals surface area contributed by atoms with Crippen LogP contribution in [0.25, 0.3) is 0 Å². The number of rotatable bonds is 6. The number of non-ortho nitro benzene ring substituents is 1. The van der Waals surface area contributed by atoms with Crippen LogP contribution in [0.3, 0.4) is 0 Å². The first-order valence-corrected chi connectivity index (χ1v) is 8.63. The van der Waals surface area contributed by atoms with Crippen molar-refractivity contribution in [2.75, 3.05) is 0 Å². The largest absolute Gasteiger partial charge is 0.351 e. The first kappa shape index (κ1) is 18.6. The standard InChI is InChI=1S/C16H14Cl2N2O3S/c1-10(24-14-6-4-13(5-7-14)20(22)23)16(21)19-9-11-2-3-12(17)8-15(11)18/h2-8,10H,9H2,1H3,(H,19,21)/t10-/m0/s1. The average Bonchev–Trinajstić information content (AvgIpc) is 2.54. The Morgan fingerprint density at radius 3 is 2.50 bits per heavy atom. The maximum absolute atomic E-state index is 12.2. The van der Waals surface area contributed by atoms with E-state index in [0.717, 1.165) is 10.5 Å². The summed E-state index contributed by atoms with van der Waals surface area (Å²) in [5, 5.41) is 14.1. The van der Waals surface area contributed by atoms with Crippen molar-refractivity contribution in [2.24, 2.45) is 0 Å². The fourth-order valence-corrected chi connectivity index (χ4v) is 3.26. The van der Waals surface area contributed by atoms with Crippen LogP contribution in [0, 0.1) is 10.1 Å². The van der Waals surface area contributed by atoms with Gasteiger partial charge in [-0.25, -0.2) is 0 Å². The Hall–Kier alpha value is -1.76. The minimum atomic E-state index is -0.458. The van der Waals surface area contributed by atoms with Gasteiger partial charge in [-0.3, -0.25) is 14.9 Å². The number of hydrogen-bond acceptors (Lipinski definition) is 4. The number of hydrogen-bond donors (Lipinski definition) is 1. The lowest BCUT2D eigenvalue weighted by Gasteiger charge is -2.12. The molecule has 0 saturated carbocycles. The first-order chi connectivity index (χ1) is 11.4. The van der Waals surface area contributed by atoms with Crippen molar-refractivity contribution in [2.45, 2.75) is 23.6 Å². The molecule has 1 amide bonds. The van der Waals surface area contributed by atoms with E-state index in [4.69, 9.17) is 23.2 Å². The number of nitro groups is 1. The third kappa shape index (κ3) is 5.12. The summed E-state index contributed by atoms with van der Waals surface area (Å²) >= 11 is 13.2. The van der Waals surface area contributed by atoms with Crippen molar-refractivity contribution in [1.29, 1.82) is 0 Å². The van der Waals surface area contributed by atoms with Crippen LogP contribution in [-0.4, -0.2) is 16.1 Å². The van der Waals surface area contributed by atoms with Crippen LogP contribution in [0.5, 0.6) is 0 Å². The number of thioether (sulfide) groups is 1. The minimum absolute atomic E-state index is 0.0221. The summed E-state index contributed by atoms with van der Waals surface area (Å²) in [6, 6.07) is 11.2. The molecule has 24 heavy (non-hydrogen) atoms. The number of nitrogens with one attached hydrogen (secondary N) is 1. The van der Waals surface area contributed by atoms with Crippen LogP contribution in [0.15, 0.2) is 47.4 Å². The van der Waals surface area contributed by atoms with Crippen LogP contribution in [0.1, 0.15) is 12.5 Å². The maximum Gasteiger partial charge on any atom is 0.269 e. The summed E-state index contributed by atoms with van der Waals surface area (Å²) in [4.78, 5) is 23.1. The van der Waals surface area contributed by atoms with Gasteiger partial charge in [0.15, 0.2) is 0 Å². The Morgan fingerprint density at radius 1 is 1.25 bits per heavy atom. The molecular weight excluding hydrogens is 371 g/mol. The van der Waals surface area contributed by atoms with Gasteiger partial charge < -0.3 is 5.32 Å². The van der Waals surface area contributed by atoms with Gasteiger partial charge in [0.2, 0.25) is 5.91 Å². The van der Waals surface area contributed by atoms with Gasteiger partial charge in [-0.05, 0) is 36.8 Å². The molecule has 5 nitrogen and oxygen atoms in total. The van der Waals surface area contributed by atoms with Crippen molar-refractivity contribution >= 4 is 46.6 Å². The van der Waals surface area contributed by atoms with E-state index < -0.39 is 4.92 Å². The molecule has 0 aromatic heterocycles. The third-order valence-electron chi connectivity index (χ3n) is 3.20. The molecule has 2 aromatic rings. The Morgan fingerprint density at radius 2 is 1.92 bits per heavy atom. The van der Waals surface area contributed by atoms with Crippen LogP contribution < -0.4 is 5.32 Å². The number of nitro benzene ring substituents is 1. The van der Waals surface area contributed by atoms with Crippen molar-refractivity contribution in [3.05, 3.63) is 68.2 Å². The second-order valence-electron chi connectivity index (χ2n) is 4.96. The Balaban J connectivity index is 1.90. The second kappa shape index (κ2) is 8.37. The summed E-state index contributed by atoms with van der Waals surface area (Å²) in [5.41, 5.74) is 0.802. The number of halogens is 2. The number of carbonyl (C=O) groups excluding carboxylic acids is 1. The molecule has 0 saturated heterocycles. The zero-order chi connectivity index (χ0) is 17.7. The second-order valence-corrected chi connectivity index (χ2v) is 7.22. The lowest BCUT2D eigenvalue weighted by atomic mass is 10.2. The van der Waals surface area contributed by atoms with Crippen LogP contribution in [-0.2, 0) is 11.3 Å². The highest BCUT2D eigenvalue weighted by molar-refractivity contribution is 8.00. The molecule has 0 aliphatic carbocycles. The van der Waals surface area contributed by atoms with Crippen molar-refractivity contribution in [1.82, 2.24) is 5.32 Å². The summed E-state index contributed by atoms with van der Waals surface area (Å²) in [7, 11) is 0. The summed E-state index contributed by atoms with van der Waals surface area (Å²) < 4.78 is 0. The molecular formula is C16H14Cl2N2O3S. The van der Waals surface area contributed by atoms with Gasteiger partial charge >= 0.3 is 0 Å². The number of amides is 1. The summed E-state index contributed by atoms with van der Waals surface area (Å²) in [6.07, 6.45) is 0. The number of nitrogens with zero attached hydrogens (tertiary/aromatic N) is 1. The van der Waals surface area contributed by atoms with E-state index in [-0.39, 0.29) is 16.8 Å². The topological polar surface area (TPSA) is 72.2 Å². The first-order valence-electron chi connectivity index (χ1n) is 6.99. The molecule has 2 rings (SSSR count). The fourth-order valence-electron chi connectivity index (χ4n) is 1.90. The van der Waals surface area contributed by atoms with Gasteiger partial charge in [0.1, 0.15) is 0 Å². The normalized spacial score (nSPS) is 11.8. The van der Waals surface area contributed by atoms with Crippen LogP contribution in [0.4, 0.5) is 5.69 Å². The smallest absolute Gasteiger partial charge is 0.269 e. The molecule has 0 fully saturated rings. The average molecular weight is 385 g/mol. The molecule has 1 atom stereocenters. The highest BCUT2D eigenvalue weighted by Crippen LogP contribution is 2.26. The summed E-state index contributed by atoms with van der Waals surface area (Å²) in [5.74, 6) is -0.149. The zero-order valence-corrected chi connectivity index (χ0v) is 15.0. The molecule has 0 radical (unpaired) electrons. The van der Waals surface area contributed by atoms with Gasteiger partial charge in [0.25, 0.3) is 5.69 Å². The van der Waals surface area contributed by atoms with Gasteiger partial charge in [-0.1, -0.05) is 29.3 Å². The summed E-state index contributed by atoms with van der Waals surface area (Å²) in [6.45, 7) is 2.07. The molecule has 2 aromatic carbocycles. The Bertz CT molecular complexity index is 753. The van der Waals surface area contributed by atoms with Crippen molar-refractivity contribution < 1.29 is 9.72 Å². The fraction of sp³-hybridized carbons (Fsp3) is 0.188. The third-order valence-corrected chi connectivity index (χ3v) is 4.90. The van der Waals surface area contributed by atoms with E-state index in [1.807, 2.05) is 0 Å². The molecule has 0 bridgehead atoms. The predicted molar refractivity (Wildman–Crippen MR) is 96.7 cm³/mol. The molecule has 0 unspecified atom stereocenters. The van der Waals surface area contributed by atoms with Crippen LogP contribution >= 0.6 is 35.0 Å². The minimum Gasteiger partial charge on any atom is -0.351 e. The predicted octanol–water partition coefficient (Wildman–Crippen LogP) is 4.70. The van der Waals surface area contributed by atoms with E-state index in [1.54, 1.807) is 37.3 Å². The number of carbonyl (C=O) groups is 1. The quantitative estimate of drug-likeness (QED) is 0.445. The highest BCUT2D eigenvalue weighted by atomic mass is 35.5. The monoisotopic (exact) mass is 384 g/mol. The van der Waals surface area contributed by atoms with Gasteiger partial charge in [-0.2, -0.15) is 0 Å². The molecule has 0 aliphatic rings. The van der Waals surface area contributed by atoms with E-state index in [1.165, 1.54) is 23.9 Å². The van der Waals surface area contributed by atoms with Crippen LogP contribution in [0.2, 0.25) is 10.0 Å².